The van der Waals surface area contributed by atoms with Gasteiger partial charge in [0.25, 0.3) is 0 Å². The fourth-order valence-electron chi connectivity index (χ4n) is 1.90. The second kappa shape index (κ2) is 6.14. The highest BCUT2D eigenvalue weighted by molar-refractivity contribution is 7.99. The molecular weight excluding hydrogens is 304 g/mol. The summed E-state index contributed by atoms with van der Waals surface area (Å²) in [4.78, 5) is 4.23. The van der Waals surface area contributed by atoms with Gasteiger partial charge in [-0.1, -0.05) is 29.1 Å². The summed E-state index contributed by atoms with van der Waals surface area (Å²) in [5.41, 5.74) is 0.770. The Labute approximate surface area is 130 Å². The Bertz CT molecular complexity index is 771. The van der Waals surface area contributed by atoms with Gasteiger partial charge < -0.3 is 9.26 Å². The van der Waals surface area contributed by atoms with Gasteiger partial charge >= 0.3 is 0 Å². The van der Waals surface area contributed by atoms with Gasteiger partial charge in [0.05, 0.1) is 12.4 Å². The third-order valence-electron chi connectivity index (χ3n) is 2.93. The molecule has 0 bridgehead atoms. The van der Waals surface area contributed by atoms with Gasteiger partial charge in [-0.2, -0.15) is 9.67 Å². The molecule has 0 saturated carbocycles. The third-order valence-corrected chi connectivity index (χ3v) is 3.95. The second-order valence-corrected chi connectivity index (χ2v) is 5.79. The van der Waals surface area contributed by atoms with E-state index in [1.54, 1.807) is 18.7 Å². The average Bonchev–Trinajstić information content (AvgIpc) is 3.16. The largest absolute Gasteiger partial charge is 0.494 e. The van der Waals surface area contributed by atoms with Crippen LogP contribution < -0.4 is 4.74 Å². The molecule has 3 aromatic rings. The number of tetrazole rings is 1. The summed E-state index contributed by atoms with van der Waals surface area (Å²) in [7, 11) is 1.61. The number of aryl methyl sites for hydroxylation is 1. The zero-order valence-corrected chi connectivity index (χ0v) is 13.1. The van der Waals surface area contributed by atoms with Gasteiger partial charge in [0, 0.05) is 0 Å². The van der Waals surface area contributed by atoms with Crippen molar-refractivity contribution in [2.75, 3.05) is 7.11 Å². The smallest absolute Gasteiger partial charge is 0.239 e. The summed E-state index contributed by atoms with van der Waals surface area (Å²) in [6.07, 6.45) is 0. The van der Waals surface area contributed by atoms with E-state index >= 15 is 0 Å². The zero-order valence-electron chi connectivity index (χ0n) is 12.3. The Balaban J connectivity index is 1.89. The number of nitrogens with zero attached hydrogens (tertiary/aromatic N) is 6. The molecule has 0 N–H and O–H groups in total. The van der Waals surface area contributed by atoms with Crippen LogP contribution in [0.25, 0.3) is 5.69 Å². The maximum Gasteiger partial charge on any atom is 0.239 e. The van der Waals surface area contributed by atoms with Gasteiger partial charge in [0.2, 0.25) is 11.0 Å². The third kappa shape index (κ3) is 2.80. The molecule has 0 aliphatic heterocycles. The van der Waals surface area contributed by atoms with E-state index in [1.807, 2.05) is 31.2 Å². The molecule has 2 aromatic heterocycles. The SMILES string of the molecule is COc1ccccc1-n1nnnc1SC(C)c1nc(C)no1. The summed E-state index contributed by atoms with van der Waals surface area (Å²) < 4.78 is 12.2. The summed E-state index contributed by atoms with van der Waals surface area (Å²) in [6.45, 7) is 3.74. The van der Waals surface area contributed by atoms with Crippen LogP contribution in [0.5, 0.6) is 5.75 Å². The molecule has 0 amide bonds. The first-order valence-corrected chi connectivity index (χ1v) is 7.45. The Morgan fingerprint density at radius 2 is 2.14 bits per heavy atom. The lowest BCUT2D eigenvalue weighted by molar-refractivity contribution is 0.376. The quantitative estimate of drug-likeness (QED) is 0.661. The van der Waals surface area contributed by atoms with Crippen LogP contribution >= 0.6 is 11.8 Å². The number of para-hydroxylation sites is 2. The monoisotopic (exact) mass is 318 g/mol. The first-order valence-electron chi connectivity index (χ1n) is 6.57. The van der Waals surface area contributed by atoms with E-state index in [4.69, 9.17) is 9.26 Å². The van der Waals surface area contributed by atoms with E-state index in [0.717, 1.165) is 5.69 Å². The molecule has 2 heterocycles. The van der Waals surface area contributed by atoms with Gasteiger partial charge in [-0.15, -0.1) is 5.10 Å². The Kier molecular flexibility index (Phi) is 4.05. The van der Waals surface area contributed by atoms with E-state index in [0.29, 0.717) is 22.6 Å². The predicted molar refractivity (Wildman–Crippen MR) is 79.0 cm³/mol. The Hall–Kier alpha value is -2.42. The van der Waals surface area contributed by atoms with Crippen molar-refractivity contribution in [3.8, 4) is 11.4 Å². The number of hydrogen-bond acceptors (Lipinski definition) is 8. The van der Waals surface area contributed by atoms with Crippen LogP contribution in [0.2, 0.25) is 0 Å². The topological polar surface area (TPSA) is 91.8 Å². The number of benzene rings is 1. The lowest BCUT2D eigenvalue weighted by Crippen LogP contribution is -2.02. The number of aromatic nitrogens is 6. The lowest BCUT2D eigenvalue weighted by Gasteiger charge is -2.10. The molecule has 1 aromatic carbocycles. The van der Waals surface area contributed by atoms with Gasteiger partial charge in [0.1, 0.15) is 11.4 Å². The van der Waals surface area contributed by atoms with E-state index in [9.17, 15) is 0 Å². The van der Waals surface area contributed by atoms with Crippen molar-refractivity contribution in [1.82, 2.24) is 30.3 Å². The van der Waals surface area contributed by atoms with Crippen LogP contribution in [0.15, 0.2) is 33.9 Å². The Morgan fingerprint density at radius 1 is 1.32 bits per heavy atom. The van der Waals surface area contributed by atoms with Crippen LogP contribution in [-0.4, -0.2) is 37.5 Å². The fourth-order valence-corrected chi connectivity index (χ4v) is 2.73. The maximum atomic E-state index is 5.35. The normalized spacial score (nSPS) is 12.3. The van der Waals surface area contributed by atoms with E-state index < -0.39 is 0 Å². The summed E-state index contributed by atoms with van der Waals surface area (Å²) in [5.74, 6) is 1.83. The number of ether oxygens (including phenoxy) is 1. The van der Waals surface area contributed by atoms with Gasteiger partial charge in [-0.25, -0.2) is 0 Å². The highest BCUT2D eigenvalue weighted by atomic mass is 32.2. The number of methoxy groups -OCH3 is 1. The van der Waals surface area contributed by atoms with Crippen LogP contribution in [0.3, 0.4) is 0 Å². The standard InChI is InChI=1S/C13H14N6O2S/c1-8(12-14-9(2)16-21-12)22-13-15-17-18-19(13)10-6-4-5-7-11(10)20-3/h4-8H,1-3H3. The number of hydrogen-bond donors (Lipinski definition) is 0. The first-order chi connectivity index (χ1) is 10.7. The molecule has 1 atom stereocenters. The molecular formula is C13H14N6O2S. The Morgan fingerprint density at radius 3 is 2.86 bits per heavy atom. The minimum atomic E-state index is -0.0688. The molecule has 3 rings (SSSR count). The van der Waals surface area contributed by atoms with Gasteiger partial charge in [0.15, 0.2) is 5.82 Å². The molecule has 0 fully saturated rings. The van der Waals surface area contributed by atoms with Crippen molar-refractivity contribution in [1.29, 1.82) is 0 Å². The number of rotatable bonds is 5. The lowest BCUT2D eigenvalue weighted by atomic mass is 10.3. The van der Waals surface area contributed by atoms with E-state index in [2.05, 4.69) is 25.7 Å². The second-order valence-electron chi connectivity index (χ2n) is 4.49. The van der Waals surface area contributed by atoms with Crippen molar-refractivity contribution < 1.29 is 9.26 Å². The van der Waals surface area contributed by atoms with Crippen molar-refractivity contribution in [2.24, 2.45) is 0 Å². The highest BCUT2D eigenvalue weighted by Crippen LogP contribution is 2.34. The van der Waals surface area contributed by atoms with Crippen molar-refractivity contribution in [2.45, 2.75) is 24.3 Å². The molecule has 0 spiro atoms. The minimum absolute atomic E-state index is 0.0688. The minimum Gasteiger partial charge on any atom is -0.494 e. The maximum absolute atomic E-state index is 5.35. The molecule has 0 aliphatic rings. The van der Waals surface area contributed by atoms with Crippen LogP contribution in [0, 0.1) is 6.92 Å². The van der Waals surface area contributed by atoms with Gasteiger partial charge in [-0.05, 0) is 36.4 Å². The molecule has 0 radical (unpaired) electrons. The molecule has 22 heavy (non-hydrogen) atoms. The van der Waals surface area contributed by atoms with Crippen molar-refractivity contribution in [3.63, 3.8) is 0 Å². The predicted octanol–water partition coefficient (Wildman–Crippen LogP) is 2.22. The molecule has 8 nitrogen and oxygen atoms in total. The van der Waals surface area contributed by atoms with Crippen molar-refractivity contribution >= 4 is 11.8 Å². The average molecular weight is 318 g/mol. The van der Waals surface area contributed by atoms with Gasteiger partial charge in [-0.3, -0.25) is 0 Å². The van der Waals surface area contributed by atoms with Crippen LogP contribution in [0.1, 0.15) is 23.9 Å². The molecule has 9 heteroatoms. The molecule has 1 unspecified atom stereocenters. The molecule has 0 aliphatic carbocycles. The zero-order chi connectivity index (χ0) is 15.5. The number of thioether (sulfide) groups is 1. The summed E-state index contributed by atoms with van der Waals surface area (Å²) in [6, 6.07) is 7.54. The highest BCUT2D eigenvalue weighted by Gasteiger charge is 2.20. The van der Waals surface area contributed by atoms with Crippen LogP contribution in [0.4, 0.5) is 0 Å². The summed E-state index contributed by atoms with van der Waals surface area (Å²) >= 11 is 1.43. The first kappa shape index (κ1) is 14.5. The fraction of sp³-hybridized carbons (Fsp3) is 0.308. The summed E-state index contributed by atoms with van der Waals surface area (Å²) in [5, 5.41) is 16.2. The van der Waals surface area contributed by atoms with Crippen LogP contribution in [-0.2, 0) is 0 Å². The van der Waals surface area contributed by atoms with E-state index in [1.165, 1.54) is 11.8 Å². The van der Waals surface area contributed by atoms with E-state index in [-0.39, 0.29) is 5.25 Å². The molecule has 114 valence electrons. The molecule has 0 saturated heterocycles. The van der Waals surface area contributed by atoms with Crippen molar-refractivity contribution in [3.05, 3.63) is 36.0 Å².